The summed E-state index contributed by atoms with van der Waals surface area (Å²) in [7, 11) is 0. The first-order valence-corrected chi connectivity index (χ1v) is 11.3. The predicted octanol–water partition coefficient (Wildman–Crippen LogP) is 3.18. The second-order valence-corrected chi connectivity index (χ2v) is 8.07. The molecule has 2 aromatic rings. The Hall–Kier alpha value is -2.62. The second-order valence-electron chi connectivity index (χ2n) is 8.07. The van der Waals surface area contributed by atoms with E-state index in [0.29, 0.717) is 31.5 Å². The molecule has 9 nitrogen and oxygen atoms in total. The van der Waals surface area contributed by atoms with Gasteiger partial charge in [0.1, 0.15) is 12.6 Å². The van der Waals surface area contributed by atoms with Crippen molar-refractivity contribution in [2.45, 2.75) is 19.9 Å². The third kappa shape index (κ3) is 6.44. The number of azo groups is 1. The molecule has 2 aliphatic rings. The lowest BCUT2D eigenvalue weighted by Gasteiger charge is -2.29. The van der Waals surface area contributed by atoms with Crippen molar-refractivity contribution >= 4 is 11.5 Å². The quantitative estimate of drug-likeness (QED) is 0.583. The summed E-state index contributed by atoms with van der Waals surface area (Å²) < 4.78 is 16.9. The molecule has 0 N–H and O–H groups in total. The van der Waals surface area contributed by atoms with Crippen LogP contribution >= 0.6 is 0 Å². The van der Waals surface area contributed by atoms with Gasteiger partial charge in [0.25, 0.3) is 0 Å². The van der Waals surface area contributed by atoms with Gasteiger partial charge in [-0.15, -0.1) is 5.11 Å². The zero-order chi connectivity index (χ0) is 22.2. The Morgan fingerprint density at radius 1 is 1.06 bits per heavy atom. The summed E-state index contributed by atoms with van der Waals surface area (Å²) >= 11 is 0. The molecule has 4 heterocycles. The Bertz CT molecular complexity index is 897. The van der Waals surface area contributed by atoms with E-state index in [1.54, 1.807) is 6.20 Å². The van der Waals surface area contributed by atoms with Crippen molar-refractivity contribution in [3.05, 3.63) is 41.7 Å². The molecule has 1 atom stereocenters. The molecule has 0 radical (unpaired) electrons. The number of ether oxygens (including phenoxy) is 3. The predicted molar refractivity (Wildman–Crippen MR) is 122 cm³/mol. The molecule has 172 valence electrons. The van der Waals surface area contributed by atoms with Gasteiger partial charge in [0, 0.05) is 56.7 Å². The van der Waals surface area contributed by atoms with E-state index in [1.807, 2.05) is 38.1 Å². The number of rotatable bonds is 8. The molecule has 0 amide bonds. The van der Waals surface area contributed by atoms with E-state index in [1.165, 1.54) is 0 Å². The molecular weight excluding hydrogens is 408 g/mol. The summed E-state index contributed by atoms with van der Waals surface area (Å²) in [5.41, 5.74) is 3.07. The maximum atomic E-state index is 6.02. The van der Waals surface area contributed by atoms with E-state index in [-0.39, 0.29) is 6.04 Å². The molecular formula is C23H32N6O3. The van der Waals surface area contributed by atoms with Crippen molar-refractivity contribution in [3.63, 3.8) is 0 Å². The normalized spacial score (nSPS) is 18.8. The molecule has 2 fully saturated rings. The molecule has 0 saturated carbocycles. The summed E-state index contributed by atoms with van der Waals surface area (Å²) in [4.78, 5) is 13.6. The van der Waals surface area contributed by atoms with Crippen molar-refractivity contribution in [1.82, 2.24) is 14.9 Å². The molecule has 0 bridgehead atoms. The monoisotopic (exact) mass is 440 g/mol. The molecule has 1 unspecified atom stereocenters. The summed E-state index contributed by atoms with van der Waals surface area (Å²) in [5, 5.41) is 8.90. The molecule has 2 aliphatic heterocycles. The fraction of sp³-hybridized carbons (Fsp3) is 0.565. The Morgan fingerprint density at radius 3 is 2.56 bits per heavy atom. The van der Waals surface area contributed by atoms with Gasteiger partial charge in [-0.1, -0.05) is 0 Å². The average molecular weight is 441 g/mol. The zero-order valence-corrected chi connectivity index (χ0v) is 18.9. The maximum absolute atomic E-state index is 6.02. The first-order valence-electron chi connectivity index (χ1n) is 11.3. The van der Waals surface area contributed by atoms with E-state index >= 15 is 0 Å². The fourth-order valence-electron chi connectivity index (χ4n) is 3.70. The van der Waals surface area contributed by atoms with Crippen LogP contribution in [-0.2, 0) is 9.47 Å². The number of hydrogen-bond acceptors (Lipinski definition) is 9. The highest BCUT2D eigenvalue weighted by Gasteiger charge is 2.15. The van der Waals surface area contributed by atoms with Crippen LogP contribution in [0.3, 0.4) is 0 Å². The first-order chi connectivity index (χ1) is 15.7. The molecule has 2 saturated heterocycles. The van der Waals surface area contributed by atoms with Gasteiger partial charge in [-0.2, -0.15) is 10.1 Å². The van der Waals surface area contributed by atoms with Crippen molar-refractivity contribution in [2.75, 3.05) is 70.7 Å². The summed E-state index contributed by atoms with van der Waals surface area (Å²) in [6.07, 6.45) is 1.80. The van der Waals surface area contributed by atoms with E-state index in [2.05, 4.69) is 30.0 Å². The summed E-state index contributed by atoms with van der Waals surface area (Å²) in [5.74, 6) is 1.10. The van der Waals surface area contributed by atoms with Gasteiger partial charge in [-0.25, -0.2) is 0 Å². The van der Waals surface area contributed by atoms with Crippen LogP contribution in [0.4, 0.5) is 11.5 Å². The molecule has 0 spiro atoms. The Kier molecular flexibility index (Phi) is 7.97. The van der Waals surface area contributed by atoms with Gasteiger partial charge >= 0.3 is 0 Å². The fourth-order valence-corrected chi connectivity index (χ4v) is 3.70. The Morgan fingerprint density at radius 2 is 1.81 bits per heavy atom. The van der Waals surface area contributed by atoms with Gasteiger partial charge in [0.2, 0.25) is 5.88 Å². The smallest absolute Gasteiger partial charge is 0.217 e. The zero-order valence-electron chi connectivity index (χ0n) is 18.9. The molecule has 2 aromatic heterocycles. The van der Waals surface area contributed by atoms with Gasteiger partial charge in [-0.05, 0) is 31.5 Å². The number of aromatic nitrogens is 2. The van der Waals surface area contributed by atoms with Gasteiger partial charge < -0.3 is 19.1 Å². The van der Waals surface area contributed by atoms with Crippen LogP contribution in [0.1, 0.15) is 24.2 Å². The van der Waals surface area contributed by atoms with E-state index in [9.17, 15) is 0 Å². The topological polar surface area (TPSA) is 84.7 Å². The number of nitrogens with zero attached hydrogens (tertiary/aromatic N) is 6. The minimum atomic E-state index is -0.158. The number of morpholine rings is 2. The molecule has 0 aliphatic carbocycles. The van der Waals surface area contributed by atoms with Crippen LogP contribution in [0.2, 0.25) is 0 Å². The van der Waals surface area contributed by atoms with Crippen LogP contribution in [0, 0.1) is 6.92 Å². The van der Waals surface area contributed by atoms with Crippen molar-refractivity contribution < 1.29 is 14.2 Å². The third-order valence-corrected chi connectivity index (χ3v) is 5.61. The van der Waals surface area contributed by atoms with Crippen LogP contribution < -0.4 is 9.64 Å². The van der Waals surface area contributed by atoms with E-state index in [0.717, 1.165) is 62.9 Å². The minimum absolute atomic E-state index is 0.158. The van der Waals surface area contributed by atoms with Gasteiger partial charge in [0.15, 0.2) is 5.82 Å². The Labute approximate surface area is 189 Å². The highest BCUT2D eigenvalue weighted by atomic mass is 16.5. The van der Waals surface area contributed by atoms with Crippen LogP contribution in [0.15, 0.2) is 40.7 Å². The number of pyridine rings is 2. The summed E-state index contributed by atoms with van der Waals surface area (Å²) in [6.45, 7) is 12.0. The minimum Gasteiger partial charge on any atom is -0.476 e. The van der Waals surface area contributed by atoms with Gasteiger partial charge in [-0.3, -0.25) is 9.88 Å². The van der Waals surface area contributed by atoms with Crippen molar-refractivity contribution in [2.24, 2.45) is 10.2 Å². The molecule has 4 rings (SSSR count). The van der Waals surface area contributed by atoms with Crippen LogP contribution in [0.5, 0.6) is 5.88 Å². The SMILES string of the molecule is Cc1ccnc(C(C)N=Nc2cc(N3CCOCC3)cc(OCCN3CCOCC3)n2)c1. The number of hydrogen-bond donors (Lipinski definition) is 0. The van der Waals surface area contributed by atoms with Gasteiger partial charge in [0.05, 0.1) is 32.1 Å². The van der Waals surface area contributed by atoms with Crippen molar-refractivity contribution in [3.8, 4) is 5.88 Å². The molecule has 32 heavy (non-hydrogen) atoms. The highest BCUT2D eigenvalue weighted by molar-refractivity contribution is 5.55. The first kappa shape index (κ1) is 22.6. The number of aryl methyl sites for hydroxylation is 1. The van der Waals surface area contributed by atoms with E-state index in [4.69, 9.17) is 14.2 Å². The average Bonchev–Trinajstić information content (AvgIpc) is 2.84. The standard InChI is InChI=1S/C23H32N6O3/c1-18-3-4-24-21(15-18)19(2)26-27-22-16-20(29-8-12-31-13-9-29)17-23(25-22)32-14-7-28-5-10-30-11-6-28/h3-4,15-17,19H,5-14H2,1-2H3. The molecule has 0 aromatic carbocycles. The van der Waals surface area contributed by atoms with Crippen LogP contribution in [0.25, 0.3) is 0 Å². The second kappa shape index (κ2) is 11.3. The lowest BCUT2D eigenvalue weighted by atomic mass is 10.2. The largest absolute Gasteiger partial charge is 0.476 e. The summed E-state index contributed by atoms with van der Waals surface area (Å²) in [6, 6.07) is 7.78. The maximum Gasteiger partial charge on any atom is 0.217 e. The Balaban J connectivity index is 1.47. The lowest BCUT2D eigenvalue weighted by Crippen LogP contribution is -2.38. The van der Waals surface area contributed by atoms with Crippen LogP contribution in [-0.4, -0.2) is 80.6 Å². The van der Waals surface area contributed by atoms with E-state index < -0.39 is 0 Å². The highest BCUT2D eigenvalue weighted by Crippen LogP contribution is 2.27. The third-order valence-electron chi connectivity index (χ3n) is 5.61. The lowest BCUT2D eigenvalue weighted by molar-refractivity contribution is 0.0320. The number of anilines is 1. The van der Waals surface area contributed by atoms with Crippen molar-refractivity contribution in [1.29, 1.82) is 0 Å². The molecule has 9 heteroatoms.